The lowest BCUT2D eigenvalue weighted by Crippen LogP contribution is -2.28. The zero-order valence-corrected chi connectivity index (χ0v) is 14.7. The summed E-state index contributed by atoms with van der Waals surface area (Å²) >= 11 is 0. The second kappa shape index (κ2) is 8.14. The minimum absolute atomic E-state index is 0.0680. The molecule has 1 aromatic carbocycles. The van der Waals surface area contributed by atoms with Gasteiger partial charge in [0.2, 0.25) is 0 Å². The molecule has 4 heteroatoms. The number of esters is 1. The first-order valence-electron chi connectivity index (χ1n) is 8.30. The number of benzene rings is 1. The van der Waals surface area contributed by atoms with Crippen molar-refractivity contribution in [3.8, 4) is 11.8 Å². The van der Waals surface area contributed by atoms with Gasteiger partial charge in [-0.3, -0.25) is 4.79 Å². The van der Waals surface area contributed by atoms with E-state index in [9.17, 15) is 4.79 Å². The molecule has 0 unspecified atom stereocenters. The number of rotatable bonds is 5. The van der Waals surface area contributed by atoms with Crippen LogP contribution < -0.4 is 4.74 Å². The third-order valence-electron chi connectivity index (χ3n) is 4.53. The van der Waals surface area contributed by atoms with E-state index in [1.54, 1.807) is 24.3 Å². The summed E-state index contributed by atoms with van der Waals surface area (Å²) in [4.78, 5) is 12.2. The number of nitriles is 1. The number of ether oxygens (including phenoxy) is 1. The van der Waals surface area contributed by atoms with Gasteiger partial charge in [-0.1, -0.05) is 38.4 Å². The lowest BCUT2D eigenvalue weighted by atomic mass is 10.0. The van der Waals surface area contributed by atoms with Gasteiger partial charge in [-0.05, 0) is 43.0 Å². The summed E-state index contributed by atoms with van der Waals surface area (Å²) in [5.41, 5.74) is 0.580. The number of hydrogen-bond donors (Lipinski definition) is 0. The molecular weight excluding hydrogens is 290 g/mol. The highest BCUT2D eigenvalue weighted by molar-refractivity contribution is 6.59. The van der Waals surface area contributed by atoms with Crippen LogP contribution in [0, 0.1) is 23.2 Å². The SMILES string of the molecule is CC(C)CC[Si@H]1CC[C@H](C(=O)Oc2ccc(C#N)cc2)CC1. The van der Waals surface area contributed by atoms with Crippen LogP contribution in [-0.2, 0) is 4.79 Å². The Balaban J connectivity index is 1.78. The summed E-state index contributed by atoms with van der Waals surface area (Å²) in [5.74, 6) is 1.31. The van der Waals surface area contributed by atoms with E-state index in [-0.39, 0.29) is 11.9 Å². The van der Waals surface area contributed by atoms with Crippen molar-refractivity contribution >= 4 is 14.8 Å². The van der Waals surface area contributed by atoms with E-state index in [1.807, 2.05) is 0 Å². The van der Waals surface area contributed by atoms with E-state index >= 15 is 0 Å². The number of nitrogens with zero attached hydrogens (tertiary/aromatic N) is 1. The summed E-state index contributed by atoms with van der Waals surface area (Å²) in [7, 11) is -0.602. The highest BCUT2D eigenvalue weighted by atomic mass is 28.3. The molecule has 1 aliphatic heterocycles. The van der Waals surface area contributed by atoms with Crippen LogP contribution in [0.5, 0.6) is 5.75 Å². The fourth-order valence-corrected chi connectivity index (χ4v) is 6.80. The Labute approximate surface area is 134 Å². The maximum absolute atomic E-state index is 12.2. The highest BCUT2D eigenvalue weighted by Gasteiger charge is 2.28. The summed E-state index contributed by atoms with van der Waals surface area (Å²) < 4.78 is 5.45. The lowest BCUT2D eigenvalue weighted by Gasteiger charge is -2.26. The van der Waals surface area contributed by atoms with E-state index in [1.165, 1.54) is 24.6 Å². The summed E-state index contributed by atoms with van der Waals surface area (Å²) in [6, 6.07) is 12.8. The van der Waals surface area contributed by atoms with Crippen LogP contribution in [0.1, 0.15) is 38.7 Å². The van der Waals surface area contributed by atoms with Gasteiger partial charge in [0.25, 0.3) is 0 Å². The molecule has 0 spiro atoms. The van der Waals surface area contributed by atoms with Crippen LogP contribution in [0.2, 0.25) is 18.1 Å². The van der Waals surface area contributed by atoms with Gasteiger partial charge in [-0.2, -0.15) is 5.26 Å². The fourth-order valence-electron chi connectivity index (χ4n) is 3.05. The van der Waals surface area contributed by atoms with Crippen molar-refractivity contribution in [2.24, 2.45) is 11.8 Å². The molecule has 1 aromatic rings. The van der Waals surface area contributed by atoms with E-state index < -0.39 is 8.80 Å². The molecular formula is C18H25NO2Si. The van der Waals surface area contributed by atoms with E-state index in [0.717, 1.165) is 18.8 Å². The van der Waals surface area contributed by atoms with Crippen LogP contribution in [0.15, 0.2) is 24.3 Å². The predicted octanol–water partition coefficient (Wildman–Crippen LogP) is 4.15. The second-order valence-electron chi connectivity index (χ2n) is 6.75. The minimum Gasteiger partial charge on any atom is -0.426 e. The third-order valence-corrected chi connectivity index (χ3v) is 7.98. The lowest BCUT2D eigenvalue weighted by molar-refractivity contribution is -0.139. The molecule has 1 fully saturated rings. The first-order chi connectivity index (χ1) is 10.6. The fraction of sp³-hybridized carbons (Fsp3) is 0.556. The first kappa shape index (κ1) is 16.8. The molecule has 1 saturated heterocycles. The molecule has 0 saturated carbocycles. The Morgan fingerprint density at radius 3 is 2.50 bits per heavy atom. The van der Waals surface area contributed by atoms with E-state index in [4.69, 9.17) is 10.00 Å². The first-order valence-corrected chi connectivity index (χ1v) is 10.7. The Morgan fingerprint density at radius 2 is 1.95 bits per heavy atom. The largest absolute Gasteiger partial charge is 0.426 e. The molecule has 22 heavy (non-hydrogen) atoms. The molecule has 2 rings (SSSR count). The summed E-state index contributed by atoms with van der Waals surface area (Å²) in [6.45, 7) is 4.57. The van der Waals surface area contributed by atoms with Gasteiger partial charge in [0.05, 0.1) is 17.6 Å². The van der Waals surface area contributed by atoms with Gasteiger partial charge in [0.1, 0.15) is 5.75 Å². The molecule has 0 radical (unpaired) electrons. The molecule has 0 amide bonds. The normalized spacial score (nSPS) is 21.4. The van der Waals surface area contributed by atoms with Crippen molar-refractivity contribution in [2.45, 2.75) is 51.2 Å². The number of carbonyl (C=O) groups excluding carboxylic acids is 1. The van der Waals surface area contributed by atoms with Gasteiger partial charge in [0.15, 0.2) is 0 Å². The maximum Gasteiger partial charge on any atom is 0.314 e. The summed E-state index contributed by atoms with van der Waals surface area (Å²) in [5, 5.41) is 8.76. The van der Waals surface area contributed by atoms with Gasteiger partial charge >= 0.3 is 5.97 Å². The van der Waals surface area contributed by atoms with Gasteiger partial charge in [-0.25, -0.2) is 0 Å². The molecule has 1 heterocycles. The standard InChI is InChI=1S/C18H25NO2Si/c1-14(2)7-10-22-11-8-16(9-12-22)18(20)21-17-5-3-15(13-19)4-6-17/h3-6,14,16,22H,7-12H2,1-2H3/t16-,22-. The van der Waals surface area contributed by atoms with Crippen molar-refractivity contribution < 1.29 is 9.53 Å². The molecule has 1 aliphatic rings. The number of carbonyl (C=O) groups is 1. The average molecular weight is 315 g/mol. The van der Waals surface area contributed by atoms with Crippen LogP contribution in [0.25, 0.3) is 0 Å². The zero-order valence-electron chi connectivity index (χ0n) is 13.5. The maximum atomic E-state index is 12.2. The van der Waals surface area contributed by atoms with Crippen molar-refractivity contribution in [2.75, 3.05) is 0 Å². The topological polar surface area (TPSA) is 50.1 Å². The Morgan fingerprint density at radius 1 is 1.32 bits per heavy atom. The smallest absolute Gasteiger partial charge is 0.314 e. The minimum atomic E-state index is -0.602. The Bertz CT molecular complexity index is 525. The van der Waals surface area contributed by atoms with Crippen molar-refractivity contribution in [3.05, 3.63) is 29.8 Å². The molecule has 0 aliphatic carbocycles. The molecule has 118 valence electrons. The molecule has 0 N–H and O–H groups in total. The summed E-state index contributed by atoms with van der Waals surface area (Å²) in [6.07, 6.45) is 3.35. The monoisotopic (exact) mass is 315 g/mol. The quantitative estimate of drug-likeness (QED) is 0.466. The number of hydrogen-bond acceptors (Lipinski definition) is 3. The second-order valence-corrected chi connectivity index (χ2v) is 10.2. The van der Waals surface area contributed by atoms with Gasteiger partial charge < -0.3 is 4.74 Å². The van der Waals surface area contributed by atoms with E-state index in [0.29, 0.717) is 11.3 Å². The van der Waals surface area contributed by atoms with Crippen molar-refractivity contribution in [1.82, 2.24) is 0 Å². The average Bonchev–Trinajstić information content (AvgIpc) is 2.54. The van der Waals surface area contributed by atoms with Crippen LogP contribution in [-0.4, -0.2) is 14.8 Å². The third kappa shape index (κ3) is 4.99. The molecule has 0 bridgehead atoms. The van der Waals surface area contributed by atoms with Crippen molar-refractivity contribution in [3.63, 3.8) is 0 Å². The molecule has 3 nitrogen and oxygen atoms in total. The van der Waals surface area contributed by atoms with Crippen LogP contribution in [0.3, 0.4) is 0 Å². The molecule has 0 aromatic heterocycles. The molecule has 0 atom stereocenters. The van der Waals surface area contributed by atoms with E-state index in [2.05, 4.69) is 19.9 Å². The highest BCUT2D eigenvalue weighted by Crippen LogP contribution is 2.30. The Hall–Kier alpha value is -1.60. The van der Waals surface area contributed by atoms with Crippen LogP contribution >= 0.6 is 0 Å². The van der Waals surface area contributed by atoms with Gasteiger partial charge in [0, 0.05) is 8.80 Å². The van der Waals surface area contributed by atoms with Crippen LogP contribution in [0.4, 0.5) is 0 Å². The van der Waals surface area contributed by atoms with Gasteiger partial charge in [-0.15, -0.1) is 0 Å². The Kier molecular flexibility index (Phi) is 6.20. The zero-order chi connectivity index (χ0) is 15.9. The van der Waals surface area contributed by atoms with Crippen molar-refractivity contribution in [1.29, 1.82) is 5.26 Å². The predicted molar refractivity (Wildman–Crippen MR) is 90.5 cm³/mol.